The zero-order valence-corrected chi connectivity index (χ0v) is 22.3. The predicted molar refractivity (Wildman–Crippen MR) is 142 cm³/mol. The summed E-state index contributed by atoms with van der Waals surface area (Å²) in [5.41, 5.74) is 1.72. The van der Waals surface area contributed by atoms with Crippen LogP contribution < -0.4 is 15.5 Å². The van der Waals surface area contributed by atoms with E-state index in [0.717, 1.165) is 18.4 Å². The Morgan fingerprint density at radius 2 is 1.85 bits per heavy atom. The van der Waals surface area contributed by atoms with E-state index in [2.05, 4.69) is 17.2 Å². The van der Waals surface area contributed by atoms with Crippen molar-refractivity contribution in [1.29, 1.82) is 0 Å². The molecule has 0 saturated carbocycles. The normalized spacial score (nSPS) is 11.9. The van der Waals surface area contributed by atoms with Crippen molar-refractivity contribution in [3.05, 3.63) is 30.2 Å². The summed E-state index contributed by atoms with van der Waals surface area (Å²) in [6.45, 7) is 16.1. The van der Waals surface area contributed by atoms with Crippen LogP contribution in [0.5, 0.6) is 5.75 Å². The van der Waals surface area contributed by atoms with E-state index in [4.69, 9.17) is 21.7 Å². The average Bonchev–Trinajstić information content (AvgIpc) is 2.95. The van der Waals surface area contributed by atoms with Gasteiger partial charge >= 0.3 is 5.97 Å². The van der Waals surface area contributed by atoms with Crippen molar-refractivity contribution < 1.29 is 24.2 Å². The van der Waals surface area contributed by atoms with Crippen LogP contribution in [0.25, 0.3) is 0 Å². The van der Waals surface area contributed by atoms with Crippen molar-refractivity contribution in [2.24, 2.45) is 0 Å². The fourth-order valence-electron chi connectivity index (χ4n) is 3.04. The van der Waals surface area contributed by atoms with E-state index in [-0.39, 0.29) is 23.3 Å². The zero-order valence-electron chi connectivity index (χ0n) is 21.5. The molecule has 0 fully saturated rings. The molecular formula is C25H41N3O5S. The lowest BCUT2D eigenvalue weighted by molar-refractivity contribution is -0.143. The number of hydrogen-bond acceptors (Lipinski definition) is 6. The van der Waals surface area contributed by atoms with E-state index in [1.165, 1.54) is 11.0 Å². The number of nitrogens with zero attached hydrogens (tertiary/aromatic N) is 1. The van der Waals surface area contributed by atoms with Crippen molar-refractivity contribution >= 4 is 40.6 Å². The molecule has 34 heavy (non-hydrogen) atoms. The number of carbonyl (C=O) groups excluding carboxylic acids is 2. The number of unbranched alkanes of at least 4 members (excludes halogenated alkanes) is 1. The monoisotopic (exact) mass is 495 g/mol. The van der Waals surface area contributed by atoms with E-state index in [1.807, 2.05) is 41.5 Å². The molecule has 1 aromatic carbocycles. The Kier molecular flexibility index (Phi) is 16.2. The molecule has 0 unspecified atom stereocenters. The molecule has 1 heterocycles. The summed E-state index contributed by atoms with van der Waals surface area (Å²) in [5, 5.41) is 16.4. The highest BCUT2D eigenvalue weighted by Gasteiger charge is 2.26. The van der Waals surface area contributed by atoms with Crippen LogP contribution in [0.2, 0.25) is 0 Å². The summed E-state index contributed by atoms with van der Waals surface area (Å²) in [6, 6.07) is 3.20. The van der Waals surface area contributed by atoms with E-state index in [9.17, 15) is 14.7 Å². The van der Waals surface area contributed by atoms with Gasteiger partial charge in [0, 0.05) is 12.5 Å². The fourth-order valence-corrected chi connectivity index (χ4v) is 3.27. The Hall–Kier alpha value is -2.81. The van der Waals surface area contributed by atoms with Gasteiger partial charge in [0.2, 0.25) is 5.91 Å². The van der Waals surface area contributed by atoms with Crippen LogP contribution in [0.3, 0.4) is 0 Å². The van der Waals surface area contributed by atoms with Gasteiger partial charge in [0.15, 0.2) is 11.0 Å². The van der Waals surface area contributed by atoms with Gasteiger partial charge in [0.1, 0.15) is 12.3 Å². The Labute approximate surface area is 209 Å². The van der Waals surface area contributed by atoms with Gasteiger partial charge in [-0.05, 0) is 56.6 Å². The standard InChI is InChI=1S/C21H29N3O5S.2C2H6/c1-4-6-10-29-20(27)13-24-17-12-18(25)16(11-15(17)8-7-9-19(24)26)23-21(30)22-14(3)28-5-2;2*1-2/h11-12,25H,3-10,13H2,1-2H3,(H2,22,23,30);2*1-2H3. The predicted octanol–water partition coefficient (Wildman–Crippen LogP) is 5.25. The fraction of sp³-hybridized carbons (Fsp3) is 0.560. The van der Waals surface area contributed by atoms with Crippen LogP contribution in [0, 0.1) is 0 Å². The van der Waals surface area contributed by atoms with Crippen LogP contribution in [0.15, 0.2) is 24.6 Å². The minimum absolute atomic E-state index is 0.0982. The topological polar surface area (TPSA) is 100 Å². The van der Waals surface area contributed by atoms with Crippen LogP contribution in [0.1, 0.15) is 72.8 Å². The largest absolute Gasteiger partial charge is 0.506 e. The number of amides is 1. The maximum atomic E-state index is 12.6. The van der Waals surface area contributed by atoms with E-state index in [1.54, 1.807) is 6.07 Å². The highest BCUT2D eigenvalue weighted by Crippen LogP contribution is 2.36. The molecule has 0 saturated heterocycles. The number of hydrogen-bond donors (Lipinski definition) is 3. The lowest BCUT2D eigenvalue weighted by Crippen LogP contribution is -2.36. The molecule has 192 valence electrons. The van der Waals surface area contributed by atoms with Crippen LogP contribution in [-0.2, 0) is 25.5 Å². The number of anilines is 2. The molecule has 1 amide bonds. The molecule has 8 nitrogen and oxygen atoms in total. The minimum Gasteiger partial charge on any atom is -0.506 e. The molecule has 0 bridgehead atoms. The summed E-state index contributed by atoms with van der Waals surface area (Å²) in [6.07, 6.45) is 3.27. The second kappa shape index (κ2) is 17.6. The summed E-state index contributed by atoms with van der Waals surface area (Å²) in [5.74, 6) is -0.445. The smallest absolute Gasteiger partial charge is 0.326 e. The molecule has 0 aliphatic carbocycles. The second-order valence-electron chi connectivity index (χ2n) is 6.84. The molecule has 9 heteroatoms. The van der Waals surface area contributed by atoms with Gasteiger partial charge in [-0.15, -0.1) is 0 Å². The summed E-state index contributed by atoms with van der Waals surface area (Å²) in [4.78, 5) is 26.1. The number of esters is 1. The summed E-state index contributed by atoms with van der Waals surface area (Å²) >= 11 is 5.22. The number of benzene rings is 1. The van der Waals surface area contributed by atoms with Crippen LogP contribution in [-0.4, -0.2) is 41.9 Å². The third-order valence-corrected chi connectivity index (χ3v) is 4.70. The second-order valence-corrected chi connectivity index (χ2v) is 7.25. The van der Waals surface area contributed by atoms with Crippen molar-refractivity contribution in [1.82, 2.24) is 5.32 Å². The van der Waals surface area contributed by atoms with Gasteiger partial charge in [-0.25, -0.2) is 0 Å². The van der Waals surface area contributed by atoms with E-state index >= 15 is 0 Å². The number of phenolic OH excluding ortho intramolecular Hbond substituents is 1. The van der Waals surface area contributed by atoms with Crippen molar-refractivity contribution in [2.75, 3.05) is 30.0 Å². The molecule has 3 N–H and O–H groups in total. The molecule has 0 aromatic heterocycles. The number of ether oxygens (including phenoxy) is 2. The Morgan fingerprint density at radius 1 is 1.18 bits per heavy atom. The SMILES string of the molecule is C=C(NC(=S)Nc1cc2c(cc1O)N(CC(=O)OCCCC)C(=O)CCC2)OCC.CC.CC. The molecular weight excluding hydrogens is 454 g/mol. The first kappa shape index (κ1) is 31.2. The molecule has 0 atom stereocenters. The van der Waals surface area contributed by atoms with Crippen LogP contribution >= 0.6 is 12.2 Å². The number of nitrogens with one attached hydrogen (secondary N) is 2. The quantitative estimate of drug-likeness (QED) is 0.140. The molecule has 2 rings (SSSR count). The lowest BCUT2D eigenvalue weighted by Gasteiger charge is -2.23. The molecule has 1 aliphatic heterocycles. The van der Waals surface area contributed by atoms with E-state index < -0.39 is 5.97 Å². The third kappa shape index (κ3) is 10.4. The summed E-state index contributed by atoms with van der Waals surface area (Å²) < 4.78 is 10.4. The van der Waals surface area contributed by atoms with Gasteiger partial charge in [-0.1, -0.05) is 41.0 Å². The number of aromatic hydroxyl groups is 1. The molecule has 1 aliphatic rings. The Balaban J connectivity index is 0.00000258. The first-order valence-electron chi connectivity index (χ1n) is 12.1. The highest BCUT2D eigenvalue weighted by molar-refractivity contribution is 7.80. The number of carbonyl (C=O) groups is 2. The number of fused-ring (bicyclic) bond motifs is 1. The first-order chi connectivity index (χ1) is 16.3. The zero-order chi connectivity index (χ0) is 26.1. The van der Waals surface area contributed by atoms with E-state index in [0.29, 0.717) is 49.7 Å². The lowest BCUT2D eigenvalue weighted by atomic mass is 10.1. The average molecular weight is 496 g/mol. The molecule has 0 radical (unpaired) electrons. The first-order valence-corrected chi connectivity index (χ1v) is 12.5. The van der Waals surface area contributed by atoms with Gasteiger partial charge in [0.25, 0.3) is 0 Å². The number of aryl methyl sites for hydroxylation is 1. The maximum Gasteiger partial charge on any atom is 0.326 e. The summed E-state index contributed by atoms with van der Waals surface area (Å²) in [7, 11) is 0. The Bertz CT molecular complexity index is 814. The number of thiocarbonyl (C=S) groups is 1. The van der Waals surface area contributed by atoms with Crippen molar-refractivity contribution in [3.8, 4) is 5.75 Å². The van der Waals surface area contributed by atoms with Gasteiger partial charge in [-0.2, -0.15) is 0 Å². The number of phenols is 1. The Morgan fingerprint density at radius 3 is 2.47 bits per heavy atom. The van der Waals surface area contributed by atoms with Gasteiger partial charge in [0.05, 0.1) is 24.6 Å². The highest BCUT2D eigenvalue weighted by atomic mass is 32.1. The molecule has 0 spiro atoms. The van der Waals surface area contributed by atoms with Crippen molar-refractivity contribution in [3.63, 3.8) is 0 Å². The minimum atomic E-state index is -0.467. The number of rotatable bonds is 9. The molecule has 1 aromatic rings. The third-order valence-electron chi connectivity index (χ3n) is 4.49. The van der Waals surface area contributed by atoms with Crippen molar-refractivity contribution in [2.45, 2.75) is 73.6 Å². The van der Waals surface area contributed by atoms with Crippen LogP contribution in [0.4, 0.5) is 11.4 Å². The van der Waals surface area contributed by atoms with Gasteiger partial charge < -0.3 is 30.1 Å². The maximum absolute atomic E-state index is 12.6. The van der Waals surface area contributed by atoms with Gasteiger partial charge in [-0.3, -0.25) is 9.59 Å².